The van der Waals surface area contributed by atoms with Crippen molar-refractivity contribution in [2.75, 3.05) is 0 Å². The van der Waals surface area contributed by atoms with Crippen LogP contribution < -0.4 is 0 Å². The molecular weight excluding hydrogens is 196 g/mol. The highest BCUT2D eigenvalue weighted by Crippen LogP contribution is 2.22. The van der Waals surface area contributed by atoms with E-state index in [1.807, 2.05) is 6.07 Å². The van der Waals surface area contributed by atoms with E-state index >= 15 is 0 Å². The number of fused-ring (bicyclic) bond motifs is 1. The van der Waals surface area contributed by atoms with Gasteiger partial charge in [0.05, 0.1) is 5.75 Å². The lowest BCUT2D eigenvalue weighted by Crippen LogP contribution is -2.03. The van der Waals surface area contributed by atoms with Crippen LogP contribution in [0.25, 0.3) is 0 Å². The molecule has 1 aliphatic rings. The lowest BCUT2D eigenvalue weighted by atomic mass is 9.91. The summed E-state index contributed by atoms with van der Waals surface area (Å²) in [7, 11) is -2.29. The van der Waals surface area contributed by atoms with Gasteiger partial charge >= 0.3 is 0 Å². The zero-order valence-electron chi connectivity index (χ0n) is 8.03. The second kappa shape index (κ2) is 4.13. The van der Waals surface area contributed by atoms with Crippen molar-refractivity contribution in [2.24, 2.45) is 0 Å². The van der Waals surface area contributed by atoms with Crippen LogP contribution in [-0.2, 0) is 29.3 Å². The number of benzene rings is 1. The summed E-state index contributed by atoms with van der Waals surface area (Å²) < 4.78 is 21.1. The third-order valence-electron chi connectivity index (χ3n) is 2.72. The Morgan fingerprint density at radius 1 is 1.07 bits per heavy atom. The molecule has 0 unspecified atom stereocenters. The molecule has 2 rings (SSSR count). The van der Waals surface area contributed by atoms with E-state index in [1.54, 1.807) is 0 Å². The Labute approximate surface area is 85.9 Å². The van der Waals surface area contributed by atoms with E-state index in [9.17, 15) is 8.42 Å². The molecule has 0 aromatic heterocycles. The number of hydrogen-bond donors (Lipinski definition) is 1. The number of thiol groups is 1. The van der Waals surface area contributed by atoms with Gasteiger partial charge in [-0.25, -0.2) is 8.42 Å². The van der Waals surface area contributed by atoms with Crippen LogP contribution in [0, 0.1) is 0 Å². The van der Waals surface area contributed by atoms with E-state index in [4.69, 9.17) is 0 Å². The molecule has 1 aliphatic carbocycles. The molecule has 0 spiro atoms. The van der Waals surface area contributed by atoms with Gasteiger partial charge in [-0.3, -0.25) is 0 Å². The Bertz CT molecular complexity index is 400. The molecule has 0 aliphatic heterocycles. The average molecular weight is 210 g/mol. The highest BCUT2D eigenvalue weighted by Gasteiger charge is 2.09. The van der Waals surface area contributed by atoms with E-state index in [0.29, 0.717) is 0 Å². The third-order valence-corrected chi connectivity index (χ3v) is 3.35. The maximum Gasteiger partial charge on any atom is 0.144 e. The SMILES string of the molecule is O=[SH](=O)Cc1ccc2c(c1)CCCC2. The van der Waals surface area contributed by atoms with Gasteiger partial charge < -0.3 is 0 Å². The summed E-state index contributed by atoms with van der Waals surface area (Å²) in [5, 5.41) is 0. The van der Waals surface area contributed by atoms with E-state index < -0.39 is 10.7 Å². The van der Waals surface area contributed by atoms with Crippen LogP contribution in [0.15, 0.2) is 18.2 Å². The molecule has 0 saturated heterocycles. The monoisotopic (exact) mass is 210 g/mol. The van der Waals surface area contributed by atoms with E-state index in [1.165, 1.54) is 24.0 Å². The second-order valence-corrected chi connectivity index (χ2v) is 4.78. The molecule has 0 bridgehead atoms. The van der Waals surface area contributed by atoms with Gasteiger partial charge in [0.1, 0.15) is 10.7 Å². The number of rotatable bonds is 2. The number of hydrogen-bond acceptors (Lipinski definition) is 2. The molecule has 1 aromatic rings. The van der Waals surface area contributed by atoms with Crippen molar-refractivity contribution < 1.29 is 8.42 Å². The molecule has 0 radical (unpaired) electrons. The average Bonchev–Trinajstić information content (AvgIpc) is 2.17. The van der Waals surface area contributed by atoms with Gasteiger partial charge in [-0.05, 0) is 42.4 Å². The summed E-state index contributed by atoms with van der Waals surface area (Å²) in [5.41, 5.74) is 3.69. The summed E-state index contributed by atoms with van der Waals surface area (Å²) >= 11 is 0. The maximum atomic E-state index is 10.6. The summed E-state index contributed by atoms with van der Waals surface area (Å²) in [6, 6.07) is 6.08. The van der Waals surface area contributed by atoms with Crippen molar-refractivity contribution in [3.05, 3.63) is 34.9 Å². The molecule has 0 saturated carbocycles. The lowest BCUT2D eigenvalue weighted by molar-refractivity contribution is 0.614. The largest absolute Gasteiger partial charge is 0.232 e. The lowest BCUT2D eigenvalue weighted by Gasteiger charge is -2.15. The Balaban J connectivity index is 2.28. The van der Waals surface area contributed by atoms with Crippen LogP contribution in [0.3, 0.4) is 0 Å². The second-order valence-electron chi connectivity index (χ2n) is 3.80. The number of aryl methyl sites for hydroxylation is 2. The molecule has 0 heterocycles. The minimum Gasteiger partial charge on any atom is -0.232 e. The van der Waals surface area contributed by atoms with Crippen LogP contribution in [0.4, 0.5) is 0 Å². The fraction of sp³-hybridized carbons (Fsp3) is 0.455. The minimum atomic E-state index is -2.29. The van der Waals surface area contributed by atoms with Crippen LogP contribution in [0.1, 0.15) is 29.5 Å². The summed E-state index contributed by atoms with van der Waals surface area (Å²) in [6.45, 7) is 0. The maximum absolute atomic E-state index is 10.6. The van der Waals surface area contributed by atoms with Gasteiger partial charge in [-0.2, -0.15) is 0 Å². The molecule has 2 nitrogen and oxygen atoms in total. The smallest absolute Gasteiger partial charge is 0.144 e. The summed E-state index contributed by atoms with van der Waals surface area (Å²) in [5.74, 6) is 0.183. The Kier molecular flexibility index (Phi) is 2.87. The van der Waals surface area contributed by atoms with E-state index in [0.717, 1.165) is 18.4 Å². The van der Waals surface area contributed by atoms with Crippen LogP contribution in [0.5, 0.6) is 0 Å². The normalized spacial score (nSPS) is 15.5. The molecule has 0 N–H and O–H groups in total. The summed E-state index contributed by atoms with van der Waals surface area (Å²) in [4.78, 5) is 0. The predicted molar refractivity (Wildman–Crippen MR) is 57.1 cm³/mol. The van der Waals surface area contributed by atoms with Crippen molar-refractivity contribution in [3.63, 3.8) is 0 Å². The molecule has 0 fully saturated rings. The molecule has 0 amide bonds. The fourth-order valence-electron chi connectivity index (χ4n) is 2.03. The minimum absolute atomic E-state index is 0.183. The standard InChI is InChI=1S/C11H14O2S/c12-14(13)8-9-5-6-10-3-1-2-4-11(10)7-9/h5-7,14H,1-4,8H2. The van der Waals surface area contributed by atoms with Gasteiger partial charge in [-0.15, -0.1) is 0 Å². The highest BCUT2D eigenvalue weighted by atomic mass is 32.2. The van der Waals surface area contributed by atoms with Crippen LogP contribution in [-0.4, -0.2) is 8.42 Å². The first-order valence-corrected chi connectivity index (χ1v) is 6.34. The molecule has 0 atom stereocenters. The van der Waals surface area contributed by atoms with Crippen molar-refractivity contribution in [2.45, 2.75) is 31.4 Å². The Hall–Kier alpha value is -0.830. The predicted octanol–water partition coefficient (Wildman–Crippen LogP) is 1.68. The first-order chi connectivity index (χ1) is 6.75. The van der Waals surface area contributed by atoms with Gasteiger partial charge in [0.25, 0.3) is 0 Å². The van der Waals surface area contributed by atoms with Gasteiger partial charge in [0.2, 0.25) is 0 Å². The topological polar surface area (TPSA) is 34.1 Å². The van der Waals surface area contributed by atoms with Crippen molar-refractivity contribution in [1.82, 2.24) is 0 Å². The van der Waals surface area contributed by atoms with Gasteiger partial charge in [-0.1, -0.05) is 18.2 Å². The molecular formula is C11H14O2S. The zero-order chi connectivity index (χ0) is 9.97. The molecule has 3 heteroatoms. The van der Waals surface area contributed by atoms with Gasteiger partial charge in [0, 0.05) is 0 Å². The molecule has 76 valence electrons. The van der Waals surface area contributed by atoms with Crippen LogP contribution >= 0.6 is 0 Å². The fourth-order valence-corrected chi connectivity index (χ4v) is 2.53. The first-order valence-electron chi connectivity index (χ1n) is 4.98. The van der Waals surface area contributed by atoms with Crippen molar-refractivity contribution in [1.29, 1.82) is 0 Å². The van der Waals surface area contributed by atoms with Crippen molar-refractivity contribution in [3.8, 4) is 0 Å². The molecule has 1 aromatic carbocycles. The Morgan fingerprint density at radius 3 is 2.50 bits per heavy atom. The van der Waals surface area contributed by atoms with E-state index in [-0.39, 0.29) is 5.75 Å². The van der Waals surface area contributed by atoms with E-state index in [2.05, 4.69) is 12.1 Å². The molecule has 14 heavy (non-hydrogen) atoms. The summed E-state index contributed by atoms with van der Waals surface area (Å²) in [6.07, 6.45) is 4.76. The zero-order valence-corrected chi connectivity index (χ0v) is 8.93. The highest BCUT2D eigenvalue weighted by molar-refractivity contribution is 7.71. The quantitative estimate of drug-likeness (QED) is 0.753. The third kappa shape index (κ3) is 2.15. The van der Waals surface area contributed by atoms with Crippen LogP contribution in [0.2, 0.25) is 0 Å². The van der Waals surface area contributed by atoms with Gasteiger partial charge in [0.15, 0.2) is 0 Å². The Morgan fingerprint density at radius 2 is 1.79 bits per heavy atom. The van der Waals surface area contributed by atoms with Crippen molar-refractivity contribution >= 4 is 10.7 Å². The first kappa shape index (κ1) is 9.71.